The number of carbonyl (C=O) groups excluding carboxylic acids is 1. The summed E-state index contributed by atoms with van der Waals surface area (Å²) in [5, 5.41) is 0. The molecule has 1 aliphatic heterocycles. The Balaban J connectivity index is 2.67. The number of amides is 1. The third kappa shape index (κ3) is 1.68. The number of piperidine rings is 1. The molecule has 1 heterocycles. The summed E-state index contributed by atoms with van der Waals surface area (Å²) in [7, 11) is 0. The Bertz CT molecular complexity index is 188. The normalized spacial score (nSPS) is 30.5. The highest BCUT2D eigenvalue weighted by Crippen LogP contribution is 2.24. The monoisotopic (exact) mass is 167 g/mol. The molecular formula is C10H17NO. The third-order valence-electron chi connectivity index (χ3n) is 2.54. The van der Waals surface area contributed by atoms with Gasteiger partial charge in [-0.05, 0) is 25.0 Å². The van der Waals surface area contributed by atoms with Crippen molar-refractivity contribution in [3.05, 3.63) is 12.8 Å². The van der Waals surface area contributed by atoms with Crippen molar-refractivity contribution in [2.75, 3.05) is 6.54 Å². The molecule has 1 rings (SSSR count). The average Bonchev–Trinajstić information content (AvgIpc) is 2.08. The van der Waals surface area contributed by atoms with Crippen molar-refractivity contribution < 1.29 is 4.79 Å². The first-order chi connectivity index (χ1) is 5.69. The minimum absolute atomic E-state index is 0.228. The second kappa shape index (κ2) is 3.74. The zero-order chi connectivity index (χ0) is 9.14. The largest absolute Gasteiger partial charge is 0.319 e. The molecule has 2 unspecified atom stereocenters. The van der Waals surface area contributed by atoms with E-state index < -0.39 is 0 Å². The van der Waals surface area contributed by atoms with Gasteiger partial charge in [0.25, 0.3) is 0 Å². The predicted octanol–water partition coefficient (Wildman–Crippen LogP) is 2.02. The molecule has 2 atom stereocenters. The Hall–Kier alpha value is -0.790. The summed E-state index contributed by atoms with van der Waals surface area (Å²) in [6.07, 6.45) is 3.65. The van der Waals surface area contributed by atoms with E-state index in [1.54, 1.807) is 11.1 Å². The van der Waals surface area contributed by atoms with Crippen molar-refractivity contribution in [2.24, 2.45) is 11.8 Å². The van der Waals surface area contributed by atoms with Crippen molar-refractivity contribution in [1.82, 2.24) is 4.90 Å². The number of likely N-dealkylation sites (tertiary alicyclic amines) is 1. The highest BCUT2D eigenvalue weighted by molar-refractivity contribution is 5.80. The molecule has 1 saturated heterocycles. The lowest BCUT2D eigenvalue weighted by atomic mass is 9.88. The highest BCUT2D eigenvalue weighted by atomic mass is 16.2. The lowest BCUT2D eigenvalue weighted by Crippen LogP contribution is -2.41. The molecule has 12 heavy (non-hydrogen) atoms. The molecule has 0 aliphatic carbocycles. The van der Waals surface area contributed by atoms with Crippen LogP contribution in [-0.4, -0.2) is 17.4 Å². The molecule has 68 valence electrons. The lowest BCUT2D eigenvalue weighted by molar-refractivity contribution is -0.136. The standard InChI is InChI=1S/C10H17NO/c1-4-9-6-8(3)7-11(5-2)10(9)12/h5,8-9H,2,4,6-7H2,1,3H3. The molecule has 1 fully saturated rings. The zero-order valence-corrected chi connectivity index (χ0v) is 7.92. The number of nitrogens with zero attached hydrogens (tertiary/aromatic N) is 1. The molecule has 2 heteroatoms. The van der Waals surface area contributed by atoms with Gasteiger partial charge in [0.05, 0.1) is 0 Å². The predicted molar refractivity (Wildman–Crippen MR) is 49.5 cm³/mol. The molecule has 1 amide bonds. The number of rotatable bonds is 2. The number of hydrogen-bond donors (Lipinski definition) is 0. The molecule has 0 saturated carbocycles. The maximum absolute atomic E-state index is 11.6. The maximum atomic E-state index is 11.6. The fourth-order valence-electron chi connectivity index (χ4n) is 1.83. The fourth-order valence-corrected chi connectivity index (χ4v) is 1.83. The Morgan fingerprint density at radius 2 is 2.42 bits per heavy atom. The van der Waals surface area contributed by atoms with Crippen LogP contribution in [0.25, 0.3) is 0 Å². The van der Waals surface area contributed by atoms with Crippen LogP contribution >= 0.6 is 0 Å². The molecule has 0 spiro atoms. The first-order valence-electron chi connectivity index (χ1n) is 4.62. The van der Waals surface area contributed by atoms with Gasteiger partial charge in [0.15, 0.2) is 0 Å². The van der Waals surface area contributed by atoms with Crippen LogP contribution in [0.15, 0.2) is 12.8 Å². The molecule has 0 aromatic heterocycles. The Kier molecular flexibility index (Phi) is 2.90. The van der Waals surface area contributed by atoms with E-state index in [4.69, 9.17) is 0 Å². The molecule has 0 radical (unpaired) electrons. The zero-order valence-electron chi connectivity index (χ0n) is 7.92. The van der Waals surface area contributed by atoms with Gasteiger partial charge in [0, 0.05) is 12.5 Å². The summed E-state index contributed by atoms with van der Waals surface area (Å²) in [6.45, 7) is 8.75. The van der Waals surface area contributed by atoms with Crippen molar-refractivity contribution >= 4 is 5.91 Å². The van der Waals surface area contributed by atoms with Crippen LogP contribution in [-0.2, 0) is 4.79 Å². The van der Waals surface area contributed by atoms with Gasteiger partial charge in [-0.2, -0.15) is 0 Å². The third-order valence-corrected chi connectivity index (χ3v) is 2.54. The van der Waals surface area contributed by atoms with E-state index in [0.29, 0.717) is 5.92 Å². The van der Waals surface area contributed by atoms with Crippen LogP contribution in [0, 0.1) is 11.8 Å². The molecule has 0 N–H and O–H groups in total. The van der Waals surface area contributed by atoms with Crippen molar-refractivity contribution in [3.63, 3.8) is 0 Å². The second-order valence-electron chi connectivity index (χ2n) is 3.62. The van der Waals surface area contributed by atoms with E-state index >= 15 is 0 Å². The van der Waals surface area contributed by atoms with Gasteiger partial charge in [-0.1, -0.05) is 20.4 Å². The van der Waals surface area contributed by atoms with Gasteiger partial charge in [0.1, 0.15) is 0 Å². The first-order valence-corrected chi connectivity index (χ1v) is 4.62. The quantitative estimate of drug-likeness (QED) is 0.616. The minimum Gasteiger partial charge on any atom is -0.319 e. The number of hydrogen-bond acceptors (Lipinski definition) is 1. The minimum atomic E-state index is 0.228. The summed E-state index contributed by atoms with van der Waals surface area (Å²) in [6, 6.07) is 0. The van der Waals surface area contributed by atoms with Gasteiger partial charge in [0.2, 0.25) is 5.91 Å². The Morgan fingerprint density at radius 1 is 1.75 bits per heavy atom. The fraction of sp³-hybridized carbons (Fsp3) is 0.700. The van der Waals surface area contributed by atoms with Crippen molar-refractivity contribution in [3.8, 4) is 0 Å². The van der Waals surface area contributed by atoms with Crippen molar-refractivity contribution in [2.45, 2.75) is 26.7 Å². The van der Waals surface area contributed by atoms with Gasteiger partial charge in [-0.15, -0.1) is 0 Å². The van der Waals surface area contributed by atoms with Crippen LogP contribution < -0.4 is 0 Å². The highest BCUT2D eigenvalue weighted by Gasteiger charge is 2.29. The molecule has 1 aliphatic rings. The summed E-state index contributed by atoms with van der Waals surface area (Å²) < 4.78 is 0. The summed E-state index contributed by atoms with van der Waals surface area (Å²) in [5.74, 6) is 1.10. The van der Waals surface area contributed by atoms with Gasteiger partial charge >= 0.3 is 0 Å². The molecule has 0 bridgehead atoms. The SMILES string of the molecule is C=CN1CC(C)CC(CC)C1=O. The van der Waals surface area contributed by atoms with Crippen LogP contribution in [0.2, 0.25) is 0 Å². The molecule has 0 aromatic rings. The molecular weight excluding hydrogens is 150 g/mol. The van der Waals surface area contributed by atoms with E-state index in [-0.39, 0.29) is 11.8 Å². The van der Waals surface area contributed by atoms with Crippen LogP contribution in [0.3, 0.4) is 0 Å². The van der Waals surface area contributed by atoms with E-state index in [0.717, 1.165) is 19.4 Å². The summed E-state index contributed by atoms with van der Waals surface area (Å²) >= 11 is 0. The van der Waals surface area contributed by atoms with E-state index in [9.17, 15) is 4.79 Å². The Morgan fingerprint density at radius 3 is 2.92 bits per heavy atom. The van der Waals surface area contributed by atoms with E-state index in [1.165, 1.54) is 0 Å². The summed E-state index contributed by atoms with van der Waals surface area (Å²) in [5.41, 5.74) is 0. The van der Waals surface area contributed by atoms with Gasteiger partial charge < -0.3 is 4.90 Å². The van der Waals surface area contributed by atoms with Gasteiger partial charge in [-0.25, -0.2) is 0 Å². The topological polar surface area (TPSA) is 20.3 Å². The number of carbonyl (C=O) groups is 1. The average molecular weight is 167 g/mol. The van der Waals surface area contributed by atoms with Crippen molar-refractivity contribution in [1.29, 1.82) is 0 Å². The first kappa shape index (κ1) is 9.30. The molecule has 0 aromatic carbocycles. The smallest absolute Gasteiger partial charge is 0.229 e. The lowest BCUT2D eigenvalue weighted by Gasteiger charge is -2.33. The van der Waals surface area contributed by atoms with Crippen LogP contribution in [0.1, 0.15) is 26.7 Å². The summed E-state index contributed by atoms with van der Waals surface area (Å²) in [4.78, 5) is 13.3. The molecule has 2 nitrogen and oxygen atoms in total. The Labute approximate surface area is 74.2 Å². The van der Waals surface area contributed by atoms with Gasteiger partial charge in [-0.3, -0.25) is 4.79 Å². The van der Waals surface area contributed by atoms with E-state index in [1.807, 2.05) is 0 Å². The van der Waals surface area contributed by atoms with E-state index in [2.05, 4.69) is 20.4 Å². The maximum Gasteiger partial charge on any atom is 0.229 e. The second-order valence-corrected chi connectivity index (χ2v) is 3.62. The van der Waals surface area contributed by atoms with Crippen LogP contribution in [0.4, 0.5) is 0 Å². The van der Waals surface area contributed by atoms with Crippen LogP contribution in [0.5, 0.6) is 0 Å².